The number of pyridine rings is 1. The summed E-state index contributed by atoms with van der Waals surface area (Å²) in [5.74, 6) is 4.20. The van der Waals surface area contributed by atoms with E-state index in [4.69, 9.17) is 0 Å². The molecule has 0 aliphatic carbocycles. The van der Waals surface area contributed by atoms with Crippen molar-refractivity contribution >= 4 is 15.9 Å². The highest BCUT2D eigenvalue weighted by Crippen LogP contribution is 2.22. The third-order valence-corrected chi connectivity index (χ3v) is 4.91. The molecular formula is C21H14BrF2NO. The van der Waals surface area contributed by atoms with Crippen molar-refractivity contribution in [2.45, 2.75) is 13.8 Å². The summed E-state index contributed by atoms with van der Waals surface area (Å²) in [6, 6.07) is 10.4. The van der Waals surface area contributed by atoms with Crippen molar-refractivity contribution in [3.63, 3.8) is 0 Å². The van der Waals surface area contributed by atoms with Crippen LogP contribution in [0.2, 0.25) is 0 Å². The van der Waals surface area contributed by atoms with E-state index in [1.165, 1.54) is 12.1 Å². The number of halogens is 3. The molecule has 1 aromatic heterocycles. The van der Waals surface area contributed by atoms with Crippen LogP contribution in [0.5, 0.6) is 0 Å². The average molecular weight is 414 g/mol. The summed E-state index contributed by atoms with van der Waals surface area (Å²) in [5, 5.41) is 0. The van der Waals surface area contributed by atoms with Gasteiger partial charge in [0.05, 0.1) is 10.0 Å². The predicted molar refractivity (Wildman–Crippen MR) is 102 cm³/mol. The molecule has 3 rings (SSSR count). The van der Waals surface area contributed by atoms with Crippen LogP contribution in [0.3, 0.4) is 0 Å². The Morgan fingerprint density at radius 2 is 1.65 bits per heavy atom. The Labute approximate surface area is 158 Å². The molecule has 0 spiro atoms. The van der Waals surface area contributed by atoms with Crippen LogP contribution in [0.25, 0.3) is 11.1 Å². The summed E-state index contributed by atoms with van der Waals surface area (Å²) in [4.78, 5) is 15.7. The summed E-state index contributed by atoms with van der Waals surface area (Å²) in [6.45, 7) is 3.68. The number of aromatic nitrogens is 1. The molecule has 2 aromatic carbocycles. The van der Waals surface area contributed by atoms with Gasteiger partial charge in [-0.3, -0.25) is 4.79 Å². The maximum absolute atomic E-state index is 13.6. The summed E-state index contributed by atoms with van der Waals surface area (Å²) >= 11 is 3.31. The first-order chi connectivity index (χ1) is 12.4. The minimum atomic E-state index is -0.694. The van der Waals surface area contributed by atoms with Crippen LogP contribution in [-0.4, -0.2) is 4.98 Å². The van der Waals surface area contributed by atoms with E-state index in [1.54, 1.807) is 24.3 Å². The topological polar surface area (TPSA) is 32.9 Å². The number of nitrogens with one attached hydrogen (secondary N) is 1. The van der Waals surface area contributed by atoms with Crippen LogP contribution < -0.4 is 5.43 Å². The first kappa shape index (κ1) is 18.1. The van der Waals surface area contributed by atoms with Gasteiger partial charge in [-0.25, -0.2) is 8.78 Å². The van der Waals surface area contributed by atoms with Crippen molar-refractivity contribution < 1.29 is 8.78 Å². The zero-order valence-electron chi connectivity index (χ0n) is 14.1. The maximum Gasteiger partial charge on any atom is 0.204 e. The molecule has 0 unspecified atom stereocenters. The summed E-state index contributed by atoms with van der Waals surface area (Å²) in [7, 11) is 0. The standard InChI is InChI=1S/C21H14BrF2NO/c1-12-19(21(26)20(22)13(2)25-12)16-7-4-14(5-8-16)3-6-15-9-10-17(23)11-18(15)24/h4-5,7-11H,1-2H3,(H,25,26). The summed E-state index contributed by atoms with van der Waals surface area (Å²) in [5.41, 5.74) is 3.63. The molecule has 0 fully saturated rings. The second-order valence-electron chi connectivity index (χ2n) is 5.84. The van der Waals surface area contributed by atoms with Crippen LogP contribution in [0, 0.1) is 37.3 Å². The van der Waals surface area contributed by atoms with Crippen LogP contribution in [-0.2, 0) is 0 Å². The van der Waals surface area contributed by atoms with E-state index < -0.39 is 11.6 Å². The molecule has 0 aliphatic rings. The van der Waals surface area contributed by atoms with Gasteiger partial charge in [-0.2, -0.15) is 0 Å². The van der Waals surface area contributed by atoms with Gasteiger partial charge >= 0.3 is 0 Å². The van der Waals surface area contributed by atoms with Crippen LogP contribution >= 0.6 is 15.9 Å². The van der Waals surface area contributed by atoms with E-state index in [0.29, 0.717) is 15.6 Å². The fourth-order valence-electron chi connectivity index (χ4n) is 2.65. The third-order valence-electron chi connectivity index (χ3n) is 3.95. The van der Waals surface area contributed by atoms with Gasteiger partial charge in [0.2, 0.25) is 5.43 Å². The van der Waals surface area contributed by atoms with Gasteiger partial charge in [-0.05, 0) is 59.6 Å². The van der Waals surface area contributed by atoms with Crippen molar-refractivity contribution in [2.24, 2.45) is 0 Å². The number of H-pyrrole nitrogens is 1. The van der Waals surface area contributed by atoms with Gasteiger partial charge in [0.25, 0.3) is 0 Å². The summed E-state index contributed by atoms with van der Waals surface area (Å²) < 4.78 is 27.0. The fraction of sp³-hybridized carbons (Fsp3) is 0.0952. The van der Waals surface area contributed by atoms with E-state index >= 15 is 0 Å². The molecular weight excluding hydrogens is 400 g/mol. The SMILES string of the molecule is Cc1[nH]c(C)c(-c2ccc(C#Cc3ccc(F)cc3F)cc2)c(=O)c1Br. The van der Waals surface area contributed by atoms with Crippen molar-refractivity contribution in [3.8, 4) is 23.0 Å². The quantitative estimate of drug-likeness (QED) is 0.553. The number of aromatic amines is 1. The lowest BCUT2D eigenvalue weighted by Crippen LogP contribution is -2.11. The lowest BCUT2D eigenvalue weighted by atomic mass is 10.0. The lowest BCUT2D eigenvalue weighted by Gasteiger charge is -2.09. The van der Waals surface area contributed by atoms with Crippen molar-refractivity contribution in [1.82, 2.24) is 4.98 Å². The molecule has 3 aromatic rings. The maximum atomic E-state index is 13.6. The second kappa shape index (κ2) is 7.27. The zero-order chi connectivity index (χ0) is 18.8. The minimum absolute atomic E-state index is 0.0778. The average Bonchev–Trinajstić information content (AvgIpc) is 2.60. The Morgan fingerprint density at radius 3 is 2.31 bits per heavy atom. The van der Waals surface area contributed by atoms with Crippen molar-refractivity contribution in [2.75, 3.05) is 0 Å². The predicted octanol–water partition coefficient (Wildman–Crippen LogP) is 5.10. The molecule has 2 nitrogen and oxygen atoms in total. The lowest BCUT2D eigenvalue weighted by molar-refractivity contribution is 0.581. The third kappa shape index (κ3) is 3.61. The normalized spacial score (nSPS) is 10.3. The van der Waals surface area contributed by atoms with Gasteiger partial charge < -0.3 is 4.98 Å². The highest BCUT2D eigenvalue weighted by molar-refractivity contribution is 9.10. The number of hydrogen-bond acceptors (Lipinski definition) is 1. The van der Waals surface area contributed by atoms with Gasteiger partial charge in [0, 0.05) is 28.6 Å². The van der Waals surface area contributed by atoms with E-state index in [0.717, 1.165) is 23.0 Å². The molecule has 0 saturated carbocycles. The van der Waals surface area contributed by atoms with E-state index in [1.807, 2.05) is 13.8 Å². The molecule has 0 radical (unpaired) electrons. The number of benzene rings is 2. The van der Waals surface area contributed by atoms with Crippen molar-refractivity contribution in [3.05, 3.63) is 91.3 Å². The highest BCUT2D eigenvalue weighted by Gasteiger charge is 2.12. The van der Waals surface area contributed by atoms with Crippen LogP contribution in [0.4, 0.5) is 8.78 Å². The molecule has 1 N–H and O–H groups in total. The second-order valence-corrected chi connectivity index (χ2v) is 6.64. The molecule has 0 atom stereocenters. The van der Waals surface area contributed by atoms with Crippen LogP contribution in [0.1, 0.15) is 22.5 Å². The zero-order valence-corrected chi connectivity index (χ0v) is 15.7. The van der Waals surface area contributed by atoms with E-state index in [-0.39, 0.29) is 11.0 Å². The Balaban J connectivity index is 1.95. The highest BCUT2D eigenvalue weighted by atomic mass is 79.9. The molecule has 0 saturated heterocycles. The van der Waals surface area contributed by atoms with Crippen LogP contribution in [0.15, 0.2) is 51.7 Å². The largest absolute Gasteiger partial charge is 0.361 e. The van der Waals surface area contributed by atoms with Gasteiger partial charge in [0.1, 0.15) is 11.6 Å². The first-order valence-corrected chi connectivity index (χ1v) is 8.62. The Kier molecular flexibility index (Phi) is 5.06. The Hall–Kier alpha value is -2.71. The molecule has 130 valence electrons. The fourth-order valence-corrected chi connectivity index (χ4v) is 2.94. The molecule has 0 bridgehead atoms. The molecule has 0 aliphatic heterocycles. The molecule has 26 heavy (non-hydrogen) atoms. The monoisotopic (exact) mass is 413 g/mol. The van der Waals surface area contributed by atoms with E-state index in [9.17, 15) is 13.6 Å². The van der Waals surface area contributed by atoms with Gasteiger partial charge in [0.15, 0.2) is 0 Å². The first-order valence-electron chi connectivity index (χ1n) is 7.83. The van der Waals surface area contributed by atoms with Crippen molar-refractivity contribution in [1.29, 1.82) is 0 Å². The smallest absolute Gasteiger partial charge is 0.204 e. The van der Waals surface area contributed by atoms with Gasteiger partial charge in [-0.1, -0.05) is 24.0 Å². The minimum Gasteiger partial charge on any atom is -0.361 e. The molecule has 1 heterocycles. The summed E-state index contributed by atoms with van der Waals surface area (Å²) in [6.07, 6.45) is 0. The van der Waals surface area contributed by atoms with Gasteiger partial charge in [-0.15, -0.1) is 0 Å². The number of rotatable bonds is 1. The Bertz CT molecular complexity index is 1110. The number of aryl methyl sites for hydroxylation is 2. The Morgan fingerprint density at radius 1 is 0.962 bits per heavy atom. The molecule has 5 heteroatoms. The van der Waals surface area contributed by atoms with E-state index in [2.05, 4.69) is 32.8 Å². The molecule has 0 amide bonds. The number of hydrogen-bond donors (Lipinski definition) is 1.